The summed E-state index contributed by atoms with van der Waals surface area (Å²) in [6.45, 7) is 10.2. The maximum Gasteiger partial charge on any atom is 0.308 e. The third-order valence-corrected chi connectivity index (χ3v) is 2.01. The van der Waals surface area contributed by atoms with Gasteiger partial charge in [0.25, 0.3) is 0 Å². The van der Waals surface area contributed by atoms with Gasteiger partial charge in [-0.2, -0.15) is 0 Å². The normalized spacial score (nSPS) is 14.1. The molecule has 15 heavy (non-hydrogen) atoms. The lowest BCUT2D eigenvalue weighted by molar-refractivity contribution is -0.148. The summed E-state index contributed by atoms with van der Waals surface area (Å²) >= 11 is 0. The molecule has 0 aromatic rings. The molecular weight excluding hydrogens is 192 g/mol. The molecule has 0 fully saturated rings. The predicted molar refractivity (Wildman–Crippen MR) is 60.5 cm³/mol. The first-order valence-electron chi connectivity index (χ1n) is 5.57. The van der Waals surface area contributed by atoms with E-state index in [1.54, 1.807) is 13.8 Å². The van der Waals surface area contributed by atoms with Crippen molar-refractivity contribution in [2.45, 2.75) is 53.6 Å². The van der Waals surface area contributed by atoms with E-state index in [-0.39, 0.29) is 23.4 Å². The maximum absolute atomic E-state index is 11.1. The van der Waals surface area contributed by atoms with Gasteiger partial charge in [-0.3, -0.25) is 4.79 Å². The zero-order chi connectivity index (χ0) is 12.1. The van der Waals surface area contributed by atoms with E-state index in [4.69, 9.17) is 4.74 Å². The number of esters is 1. The van der Waals surface area contributed by atoms with Crippen LogP contribution >= 0.6 is 0 Å². The lowest BCUT2D eigenvalue weighted by Crippen LogP contribution is -2.21. The molecule has 3 nitrogen and oxygen atoms in total. The highest BCUT2D eigenvalue weighted by molar-refractivity contribution is 5.71. The van der Waals surface area contributed by atoms with Crippen LogP contribution in [0.4, 0.5) is 0 Å². The molecule has 0 bridgehead atoms. The van der Waals surface area contributed by atoms with Crippen molar-refractivity contribution in [1.82, 2.24) is 0 Å². The average molecular weight is 216 g/mol. The minimum Gasteiger partial charge on any atom is -0.465 e. The van der Waals surface area contributed by atoms with Gasteiger partial charge in [0, 0.05) is 6.42 Å². The molecule has 0 aromatic heterocycles. The summed E-state index contributed by atoms with van der Waals surface area (Å²) in [5, 5.41) is 9.64. The molecule has 0 rings (SSSR count). The number of aliphatic hydroxyl groups is 1. The highest BCUT2D eigenvalue weighted by Gasteiger charge is 2.17. The highest BCUT2D eigenvalue weighted by Crippen LogP contribution is 2.21. The molecule has 0 aromatic carbocycles. The van der Waals surface area contributed by atoms with Crippen molar-refractivity contribution in [2.75, 3.05) is 6.61 Å². The second kappa shape index (κ2) is 6.11. The Morgan fingerprint density at radius 1 is 1.33 bits per heavy atom. The first-order valence-corrected chi connectivity index (χ1v) is 5.57. The van der Waals surface area contributed by atoms with Gasteiger partial charge < -0.3 is 9.84 Å². The van der Waals surface area contributed by atoms with Gasteiger partial charge in [0.15, 0.2) is 0 Å². The summed E-state index contributed by atoms with van der Waals surface area (Å²) in [5.41, 5.74) is 0.113. The summed E-state index contributed by atoms with van der Waals surface area (Å²) in [6, 6.07) is 0. The molecule has 1 atom stereocenters. The minimum absolute atomic E-state index is 0.0928. The Morgan fingerprint density at radius 3 is 2.27 bits per heavy atom. The molecule has 0 aliphatic carbocycles. The third-order valence-electron chi connectivity index (χ3n) is 2.01. The number of carbonyl (C=O) groups is 1. The number of carbonyl (C=O) groups excluding carboxylic acids is 1. The molecule has 0 saturated carbocycles. The van der Waals surface area contributed by atoms with Crippen LogP contribution in [0.3, 0.4) is 0 Å². The maximum atomic E-state index is 11.1. The number of aliphatic hydroxyl groups excluding tert-OH is 1. The number of rotatable bonds is 5. The van der Waals surface area contributed by atoms with Gasteiger partial charge in [0.2, 0.25) is 0 Å². The van der Waals surface area contributed by atoms with E-state index in [0.717, 1.165) is 6.42 Å². The van der Waals surface area contributed by atoms with E-state index in [2.05, 4.69) is 20.8 Å². The summed E-state index contributed by atoms with van der Waals surface area (Å²) in [4.78, 5) is 11.1. The highest BCUT2D eigenvalue weighted by atomic mass is 16.5. The van der Waals surface area contributed by atoms with Gasteiger partial charge in [0.05, 0.1) is 18.6 Å². The van der Waals surface area contributed by atoms with E-state index in [1.807, 2.05) is 0 Å². The van der Waals surface area contributed by atoms with E-state index in [9.17, 15) is 9.90 Å². The fourth-order valence-corrected chi connectivity index (χ4v) is 1.27. The molecule has 0 aliphatic rings. The Hall–Kier alpha value is -0.570. The monoisotopic (exact) mass is 216 g/mol. The third kappa shape index (κ3) is 8.43. The van der Waals surface area contributed by atoms with Crippen molar-refractivity contribution in [1.29, 1.82) is 0 Å². The molecule has 0 amide bonds. The van der Waals surface area contributed by atoms with Crippen molar-refractivity contribution in [3.8, 4) is 0 Å². The van der Waals surface area contributed by atoms with Crippen molar-refractivity contribution in [3.05, 3.63) is 0 Å². The number of hydrogen-bond acceptors (Lipinski definition) is 3. The van der Waals surface area contributed by atoms with Crippen LogP contribution in [-0.4, -0.2) is 23.8 Å². The fraction of sp³-hybridized carbons (Fsp3) is 0.917. The van der Waals surface area contributed by atoms with Crippen molar-refractivity contribution >= 4 is 5.97 Å². The number of ether oxygens (including phenoxy) is 1. The lowest BCUT2D eigenvalue weighted by Gasteiger charge is -2.22. The van der Waals surface area contributed by atoms with E-state index in [0.29, 0.717) is 13.0 Å². The van der Waals surface area contributed by atoms with Crippen LogP contribution in [0.15, 0.2) is 0 Å². The topological polar surface area (TPSA) is 46.5 Å². The van der Waals surface area contributed by atoms with Crippen LogP contribution in [0.2, 0.25) is 0 Å². The number of hydrogen-bond donors (Lipinski definition) is 1. The zero-order valence-electron chi connectivity index (χ0n) is 10.5. The summed E-state index contributed by atoms with van der Waals surface area (Å²) in [7, 11) is 0. The molecule has 0 spiro atoms. The van der Waals surface area contributed by atoms with Crippen LogP contribution in [0.25, 0.3) is 0 Å². The standard InChI is InChI=1S/C12H24O3/c1-9(2)11(14)15-7-6-10(13)8-12(3,4)5/h9-10,13H,6-8H2,1-5H3. The van der Waals surface area contributed by atoms with Crippen LogP contribution in [-0.2, 0) is 9.53 Å². The Kier molecular flexibility index (Phi) is 5.88. The van der Waals surface area contributed by atoms with E-state index >= 15 is 0 Å². The predicted octanol–water partition coefficient (Wildman–Crippen LogP) is 2.37. The largest absolute Gasteiger partial charge is 0.465 e. The summed E-state index contributed by atoms with van der Waals surface area (Å²) in [6.07, 6.45) is 0.868. The zero-order valence-corrected chi connectivity index (χ0v) is 10.5. The van der Waals surface area contributed by atoms with Gasteiger partial charge in [0.1, 0.15) is 0 Å². The Bertz CT molecular complexity index is 192. The molecule has 90 valence electrons. The molecule has 3 heteroatoms. The Morgan fingerprint density at radius 2 is 1.87 bits per heavy atom. The van der Waals surface area contributed by atoms with Gasteiger partial charge >= 0.3 is 5.97 Å². The van der Waals surface area contributed by atoms with Gasteiger partial charge in [-0.25, -0.2) is 0 Å². The molecule has 1 unspecified atom stereocenters. The Balaban J connectivity index is 3.64. The van der Waals surface area contributed by atoms with Gasteiger partial charge in [-0.1, -0.05) is 34.6 Å². The van der Waals surface area contributed by atoms with Gasteiger partial charge in [-0.05, 0) is 11.8 Å². The van der Waals surface area contributed by atoms with Crippen LogP contribution < -0.4 is 0 Å². The second-order valence-corrected chi connectivity index (χ2v) is 5.53. The molecular formula is C12H24O3. The van der Waals surface area contributed by atoms with E-state index in [1.165, 1.54) is 0 Å². The smallest absolute Gasteiger partial charge is 0.308 e. The molecule has 0 radical (unpaired) electrons. The quantitative estimate of drug-likeness (QED) is 0.718. The molecule has 0 heterocycles. The first kappa shape index (κ1) is 14.4. The fourth-order valence-electron chi connectivity index (χ4n) is 1.27. The summed E-state index contributed by atoms with van der Waals surface area (Å²) in [5.74, 6) is -0.289. The Labute approximate surface area is 92.8 Å². The SMILES string of the molecule is CC(C)C(=O)OCCC(O)CC(C)(C)C. The van der Waals surface area contributed by atoms with Crippen LogP contribution in [0, 0.1) is 11.3 Å². The first-order chi connectivity index (χ1) is 6.72. The molecule has 0 saturated heterocycles. The van der Waals surface area contributed by atoms with Crippen LogP contribution in [0.1, 0.15) is 47.5 Å². The molecule has 1 N–H and O–H groups in total. The van der Waals surface area contributed by atoms with Gasteiger partial charge in [-0.15, -0.1) is 0 Å². The minimum atomic E-state index is -0.384. The second-order valence-electron chi connectivity index (χ2n) is 5.53. The van der Waals surface area contributed by atoms with Crippen LogP contribution in [0.5, 0.6) is 0 Å². The molecule has 0 aliphatic heterocycles. The van der Waals surface area contributed by atoms with Crippen molar-refractivity contribution in [2.24, 2.45) is 11.3 Å². The average Bonchev–Trinajstić information content (AvgIpc) is 2.00. The van der Waals surface area contributed by atoms with Crippen molar-refractivity contribution in [3.63, 3.8) is 0 Å². The van der Waals surface area contributed by atoms with Crippen molar-refractivity contribution < 1.29 is 14.6 Å². The summed E-state index contributed by atoms with van der Waals surface area (Å²) < 4.78 is 4.99. The lowest BCUT2D eigenvalue weighted by atomic mass is 9.88. The van der Waals surface area contributed by atoms with E-state index < -0.39 is 0 Å².